The molecule has 2 aromatic rings. The molecule has 4 nitrogen and oxygen atoms in total. The van der Waals surface area contributed by atoms with Crippen molar-refractivity contribution in [3.63, 3.8) is 0 Å². The van der Waals surface area contributed by atoms with E-state index in [0.29, 0.717) is 12.3 Å². The first-order valence-electron chi connectivity index (χ1n) is 8.44. The minimum atomic E-state index is -0.0418. The zero-order valence-electron chi connectivity index (χ0n) is 13.7. The fourth-order valence-corrected chi connectivity index (χ4v) is 4.23. The van der Waals surface area contributed by atoms with Crippen LogP contribution in [-0.4, -0.2) is 18.4 Å². The second-order valence-corrected chi connectivity index (χ2v) is 7.45. The third-order valence-electron chi connectivity index (χ3n) is 4.84. The van der Waals surface area contributed by atoms with Crippen LogP contribution in [0.5, 0.6) is 0 Å². The van der Waals surface area contributed by atoms with Crippen molar-refractivity contribution in [2.45, 2.75) is 38.5 Å². The van der Waals surface area contributed by atoms with Gasteiger partial charge in [-0.05, 0) is 66.8 Å². The van der Waals surface area contributed by atoms with Crippen molar-refractivity contribution < 1.29 is 9.59 Å². The molecule has 1 aromatic carbocycles. The number of nitrogens with zero attached hydrogens (tertiary/aromatic N) is 1. The number of rotatable bonds is 4. The zero-order valence-corrected chi connectivity index (χ0v) is 14.5. The van der Waals surface area contributed by atoms with E-state index in [2.05, 4.69) is 11.4 Å². The maximum absolute atomic E-state index is 12.7. The summed E-state index contributed by atoms with van der Waals surface area (Å²) in [5.41, 5.74) is 3.82. The monoisotopic (exact) mass is 340 g/mol. The standard InChI is InChI=1S/C19H20N2O2S/c1-12-15(4-2-5-16(12)21-10-3-6-17(21)22)20-19(23)18-14(9-11-24-18)13-7-8-13/h2,4-5,9,11,13H,3,6-8,10H2,1H3,(H,20,23). The van der Waals surface area contributed by atoms with Gasteiger partial charge in [0, 0.05) is 24.3 Å². The van der Waals surface area contributed by atoms with Crippen LogP contribution >= 0.6 is 11.3 Å². The highest BCUT2D eigenvalue weighted by molar-refractivity contribution is 7.12. The Labute approximate surface area is 145 Å². The van der Waals surface area contributed by atoms with Gasteiger partial charge in [-0.2, -0.15) is 0 Å². The Hall–Kier alpha value is -2.14. The van der Waals surface area contributed by atoms with Crippen LogP contribution in [-0.2, 0) is 4.79 Å². The van der Waals surface area contributed by atoms with Crippen LogP contribution in [0.1, 0.15) is 52.4 Å². The van der Waals surface area contributed by atoms with Crippen molar-refractivity contribution in [2.75, 3.05) is 16.8 Å². The van der Waals surface area contributed by atoms with Gasteiger partial charge in [-0.1, -0.05) is 6.07 Å². The number of hydrogen-bond donors (Lipinski definition) is 1. The average molecular weight is 340 g/mol. The first-order valence-corrected chi connectivity index (χ1v) is 9.32. The Kier molecular flexibility index (Phi) is 3.88. The van der Waals surface area contributed by atoms with E-state index in [4.69, 9.17) is 0 Å². The molecule has 24 heavy (non-hydrogen) atoms. The number of amides is 2. The zero-order chi connectivity index (χ0) is 16.7. The van der Waals surface area contributed by atoms with Gasteiger partial charge in [0.15, 0.2) is 0 Å². The fourth-order valence-electron chi connectivity index (χ4n) is 3.35. The van der Waals surface area contributed by atoms with Crippen LogP contribution in [0.3, 0.4) is 0 Å². The molecule has 5 heteroatoms. The molecule has 2 fully saturated rings. The average Bonchev–Trinajstić information content (AvgIpc) is 3.13. The summed E-state index contributed by atoms with van der Waals surface area (Å²) in [6.07, 6.45) is 3.87. The molecule has 2 heterocycles. The largest absolute Gasteiger partial charge is 0.321 e. The molecule has 0 bridgehead atoms. The Morgan fingerprint density at radius 1 is 1.29 bits per heavy atom. The summed E-state index contributed by atoms with van der Waals surface area (Å²) in [7, 11) is 0. The number of thiophene rings is 1. The molecule has 1 N–H and O–H groups in total. The van der Waals surface area contributed by atoms with Gasteiger partial charge in [-0.25, -0.2) is 0 Å². The van der Waals surface area contributed by atoms with Crippen molar-refractivity contribution in [2.24, 2.45) is 0 Å². The van der Waals surface area contributed by atoms with Crippen molar-refractivity contribution in [3.8, 4) is 0 Å². The Balaban J connectivity index is 1.59. The van der Waals surface area contributed by atoms with Crippen LogP contribution < -0.4 is 10.2 Å². The van der Waals surface area contributed by atoms with Crippen molar-refractivity contribution in [1.29, 1.82) is 0 Å². The normalized spacial score (nSPS) is 17.4. The molecule has 4 rings (SSSR count). The van der Waals surface area contributed by atoms with Gasteiger partial charge in [-0.15, -0.1) is 11.3 Å². The number of carbonyl (C=O) groups excluding carboxylic acids is 2. The Bertz CT molecular complexity index is 807. The van der Waals surface area contributed by atoms with Crippen molar-refractivity contribution in [3.05, 3.63) is 45.6 Å². The molecule has 2 aliphatic rings. The van der Waals surface area contributed by atoms with Gasteiger partial charge in [0.2, 0.25) is 5.91 Å². The van der Waals surface area contributed by atoms with Crippen LogP contribution in [0.2, 0.25) is 0 Å². The van der Waals surface area contributed by atoms with Gasteiger partial charge in [0.05, 0.1) is 4.88 Å². The summed E-state index contributed by atoms with van der Waals surface area (Å²) in [5, 5.41) is 5.04. The molecule has 0 spiro atoms. The minimum absolute atomic E-state index is 0.0418. The van der Waals surface area contributed by atoms with Crippen LogP contribution in [0.4, 0.5) is 11.4 Å². The molecule has 0 atom stereocenters. The Morgan fingerprint density at radius 2 is 2.12 bits per heavy atom. The molecule has 1 aliphatic heterocycles. The molecule has 1 saturated carbocycles. The molecule has 124 valence electrons. The van der Waals surface area contributed by atoms with E-state index < -0.39 is 0 Å². The predicted molar refractivity (Wildman–Crippen MR) is 97.0 cm³/mol. The van der Waals surface area contributed by atoms with Gasteiger partial charge in [0.25, 0.3) is 5.91 Å². The minimum Gasteiger partial charge on any atom is -0.321 e. The second-order valence-electron chi connectivity index (χ2n) is 6.53. The predicted octanol–water partition coefficient (Wildman–Crippen LogP) is 4.31. The quantitative estimate of drug-likeness (QED) is 0.901. The maximum atomic E-state index is 12.7. The van der Waals surface area contributed by atoms with E-state index in [-0.39, 0.29) is 11.8 Å². The topological polar surface area (TPSA) is 49.4 Å². The summed E-state index contributed by atoms with van der Waals surface area (Å²) in [4.78, 5) is 27.4. The lowest BCUT2D eigenvalue weighted by Gasteiger charge is -2.20. The highest BCUT2D eigenvalue weighted by atomic mass is 32.1. The molecule has 1 saturated heterocycles. The van der Waals surface area contributed by atoms with Crippen LogP contribution in [0.15, 0.2) is 29.6 Å². The van der Waals surface area contributed by atoms with Gasteiger partial charge < -0.3 is 10.2 Å². The van der Waals surface area contributed by atoms with E-state index in [1.165, 1.54) is 29.7 Å². The summed E-state index contributed by atoms with van der Waals surface area (Å²) < 4.78 is 0. The molecule has 0 radical (unpaired) electrons. The lowest BCUT2D eigenvalue weighted by molar-refractivity contribution is -0.117. The molecule has 0 unspecified atom stereocenters. The summed E-state index contributed by atoms with van der Waals surface area (Å²) in [6, 6.07) is 7.83. The van der Waals surface area contributed by atoms with Crippen molar-refractivity contribution >= 4 is 34.5 Å². The van der Waals surface area contributed by atoms with E-state index >= 15 is 0 Å². The molecular weight excluding hydrogens is 320 g/mol. The molecule has 1 aliphatic carbocycles. The molecule has 1 aromatic heterocycles. The Morgan fingerprint density at radius 3 is 2.83 bits per heavy atom. The van der Waals surface area contributed by atoms with E-state index in [9.17, 15) is 9.59 Å². The van der Waals surface area contributed by atoms with E-state index in [1.54, 1.807) is 0 Å². The van der Waals surface area contributed by atoms with E-state index in [1.807, 2.05) is 35.4 Å². The SMILES string of the molecule is Cc1c(NC(=O)c2sccc2C2CC2)cccc1N1CCCC1=O. The number of nitrogens with one attached hydrogen (secondary N) is 1. The first kappa shape index (κ1) is 15.4. The summed E-state index contributed by atoms with van der Waals surface area (Å²) in [5.74, 6) is 0.683. The third-order valence-corrected chi connectivity index (χ3v) is 5.77. The second kappa shape index (κ2) is 6.06. The fraction of sp³-hybridized carbons (Fsp3) is 0.368. The summed E-state index contributed by atoms with van der Waals surface area (Å²) in [6.45, 7) is 2.72. The number of anilines is 2. The number of carbonyl (C=O) groups is 2. The van der Waals surface area contributed by atoms with E-state index in [0.717, 1.165) is 34.8 Å². The first-order chi connectivity index (χ1) is 11.6. The van der Waals surface area contributed by atoms with Gasteiger partial charge in [-0.3, -0.25) is 9.59 Å². The van der Waals surface area contributed by atoms with Gasteiger partial charge in [0.1, 0.15) is 0 Å². The molecule has 2 amide bonds. The number of benzene rings is 1. The van der Waals surface area contributed by atoms with Gasteiger partial charge >= 0.3 is 0 Å². The summed E-state index contributed by atoms with van der Waals surface area (Å²) >= 11 is 1.50. The molecular formula is C19H20N2O2S. The third kappa shape index (κ3) is 2.73. The maximum Gasteiger partial charge on any atom is 0.266 e. The smallest absolute Gasteiger partial charge is 0.266 e. The van der Waals surface area contributed by atoms with Crippen LogP contribution in [0, 0.1) is 6.92 Å². The lowest BCUT2D eigenvalue weighted by Crippen LogP contribution is -2.25. The van der Waals surface area contributed by atoms with Crippen molar-refractivity contribution in [1.82, 2.24) is 0 Å². The number of hydrogen-bond acceptors (Lipinski definition) is 3. The highest BCUT2D eigenvalue weighted by Gasteiger charge is 2.29. The van der Waals surface area contributed by atoms with Crippen LogP contribution in [0.25, 0.3) is 0 Å². The highest BCUT2D eigenvalue weighted by Crippen LogP contribution is 2.43. The lowest BCUT2D eigenvalue weighted by atomic mass is 10.1.